The second-order valence-electron chi connectivity index (χ2n) is 4.81. The summed E-state index contributed by atoms with van der Waals surface area (Å²) in [5, 5.41) is 7.20. The molecule has 1 atom stereocenters. The average molecular weight is 271 g/mol. The van der Waals surface area contributed by atoms with Crippen LogP contribution in [0.1, 0.15) is 19.4 Å². The summed E-state index contributed by atoms with van der Waals surface area (Å²) in [6.07, 6.45) is 2.68. The summed E-state index contributed by atoms with van der Waals surface area (Å²) < 4.78 is 0. The molecule has 1 amide bonds. The highest BCUT2D eigenvalue weighted by Gasteiger charge is 2.10. The topological polar surface area (TPSA) is 54.0 Å². The van der Waals surface area contributed by atoms with E-state index >= 15 is 0 Å². The number of nitrogens with one attached hydrogen (secondary N) is 2. The predicted molar refractivity (Wildman–Crippen MR) is 81.6 cm³/mol. The molecule has 2 rings (SSSR count). The van der Waals surface area contributed by atoms with Gasteiger partial charge in [0.15, 0.2) is 0 Å². The summed E-state index contributed by atoms with van der Waals surface area (Å²) >= 11 is 0. The Kier molecular flexibility index (Phi) is 5.07. The number of hydrogen-bond acceptors (Lipinski definition) is 3. The van der Waals surface area contributed by atoms with E-state index in [2.05, 4.69) is 33.8 Å². The monoisotopic (exact) mass is 271 g/mol. The van der Waals surface area contributed by atoms with Crippen molar-refractivity contribution >= 4 is 16.8 Å². The standard InChI is InChI=1S/C16H21N3O/c1-3-17-16(20)12(2)18-11-9-14-7-4-6-13-8-5-10-19-15(13)14/h4-8,10,12,18H,3,9,11H2,1-2H3,(H,17,20). The van der Waals surface area contributed by atoms with Crippen molar-refractivity contribution in [2.24, 2.45) is 0 Å². The average Bonchev–Trinajstić information content (AvgIpc) is 2.47. The van der Waals surface area contributed by atoms with Crippen LogP contribution in [0.5, 0.6) is 0 Å². The number of carbonyl (C=O) groups excluding carboxylic acids is 1. The van der Waals surface area contributed by atoms with Crippen LogP contribution in [0.15, 0.2) is 36.5 Å². The van der Waals surface area contributed by atoms with Gasteiger partial charge in [-0.3, -0.25) is 9.78 Å². The third-order valence-corrected chi connectivity index (χ3v) is 3.31. The molecular weight excluding hydrogens is 250 g/mol. The van der Waals surface area contributed by atoms with Gasteiger partial charge in [-0.25, -0.2) is 0 Å². The van der Waals surface area contributed by atoms with Gasteiger partial charge in [0.05, 0.1) is 11.6 Å². The van der Waals surface area contributed by atoms with E-state index in [4.69, 9.17) is 0 Å². The van der Waals surface area contributed by atoms with E-state index in [0.29, 0.717) is 6.54 Å². The number of aromatic nitrogens is 1. The normalized spacial score (nSPS) is 12.3. The molecule has 4 heteroatoms. The molecule has 106 valence electrons. The predicted octanol–water partition coefficient (Wildman–Crippen LogP) is 1.89. The van der Waals surface area contributed by atoms with Crippen molar-refractivity contribution in [1.29, 1.82) is 0 Å². The fourth-order valence-corrected chi connectivity index (χ4v) is 2.21. The molecule has 0 spiro atoms. The highest BCUT2D eigenvalue weighted by atomic mass is 16.2. The number of hydrogen-bond donors (Lipinski definition) is 2. The van der Waals surface area contributed by atoms with E-state index in [1.54, 1.807) is 0 Å². The Morgan fingerprint density at radius 3 is 2.90 bits per heavy atom. The quantitative estimate of drug-likeness (QED) is 0.843. The zero-order chi connectivity index (χ0) is 14.4. The van der Waals surface area contributed by atoms with Crippen molar-refractivity contribution in [2.75, 3.05) is 13.1 Å². The van der Waals surface area contributed by atoms with Gasteiger partial charge in [0.1, 0.15) is 0 Å². The third kappa shape index (κ3) is 3.54. The Balaban J connectivity index is 1.95. The summed E-state index contributed by atoms with van der Waals surface area (Å²) in [7, 11) is 0. The summed E-state index contributed by atoms with van der Waals surface area (Å²) in [4.78, 5) is 16.0. The van der Waals surface area contributed by atoms with Gasteiger partial charge in [-0.1, -0.05) is 24.3 Å². The van der Waals surface area contributed by atoms with Gasteiger partial charge in [-0.15, -0.1) is 0 Å². The molecule has 0 bridgehead atoms. The van der Waals surface area contributed by atoms with Crippen molar-refractivity contribution in [3.8, 4) is 0 Å². The zero-order valence-electron chi connectivity index (χ0n) is 12.0. The van der Waals surface area contributed by atoms with E-state index in [9.17, 15) is 4.79 Å². The van der Waals surface area contributed by atoms with E-state index in [0.717, 1.165) is 23.9 Å². The molecule has 2 N–H and O–H groups in total. The lowest BCUT2D eigenvalue weighted by molar-refractivity contribution is -0.122. The first-order valence-corrected chi connectivity index (χ1v) is 7.06. The van der Waals surface area contributed by atoms with Crippen LogP contribution in [0.4, 0.5) is 0 Å². The fourth-order valence-electron chi connectivity index (χ4n) is 2.21. The molecule has 0 saturated heterocycles. The number of pyridine rings is 1. The number of fused-ring (bicyclic) bond motifs is 1. The molecule has 0 aliphatic heterocycles. The van der Waals surface area contributed by atoms with Crippen molar-refractivity contribution in [3.05, 3.63) is 42.1 Å². The molecule has 1 aromatic heterocycles. The first-order chi connectivity index (χ1) is 9.72. The molecular formula is C16H21N3O. The Bertz CT molecular complexity index is 577. The van der Waals surface area contributed by atoms with E-state index < -0.39 is 0 Å². The van der Waals surface area contributed by atoms with E-state index in [1.165, 1.54) is 5.56 Å². The van der Waals surface area contributed by atoms with Crippen molar-refractivity contribution < 1.29 is 4.79 Å². The number of nitrogens with zero attached hydrogens (tertiary/aromatic N) is 1. The van der Waals surface area contributed by atoms with Crippen LogP contribution >= 0.6 is 0 Å². The van der Waals surface area contributed by atoms with Crippen LogP contribution in [0.25, 0.3) is 10.9 Å². The van der Waals surface area contributed by atoms with Crippen LogP contribution in [0.2, 0.25) is 0 Å². The maximum Gasteiger partial charge on any atom is 0.236 e. The lowest BCUT2D eigenvalue weighted by atomic mass is 10.1. The lowest BCUT2D eigenvalue weighted by Crippen LogP contribution is -2.42. The van der Waals surface area contributed by atoms with Crippen LogP contribution in [0.3, 0.4) is 0 Å². The minimum absolute atomic E-state index is 0.0449. The smallest absolute Gasteiger partial charge is 0.236 e. The number of amides is 1. The number of likely N-dealkylation sites (N-methyl/N-ethyl adjacent to an activating group) is 1. The first kappa shape index (κ1) is 14.5. The Morgan fingerprint density at radius 1 is 1.30 bits per heavy atom. The summed E-state index contributed by atoms with van der Waals surface area (Å²) in [5.41, 5.74) is 2.25. The first-order valence-electron chi connectivity index (χ1n) is 7.06. The minimum Gasteiger partial charge on any atom is -0.355 e. The number of para-hydroxylation sites is 1. The van der Waals surface area contributed by atoms with Crippen LogP contribution in [-0.4, -0.2) is 30.0 Å². The highest BCUT2D eigenvalue weighted by molar-refractivity contribution is 5.82. The largest absolute Gasteiger partial charge is 0.355 e. The van der Waals surface area contributed by atoms with Gasteiger partial charge in [0, 0.05) is 18.1 Å². The molecule has 1 heterocycles. The van der Waals surface area contributed by atoms with E-state index in [1.807, 2.05) is 32.2 Å². The Hall–Kier alpha value is -1.94. The molecule has 0 aliphatic rings. The molecule has 0 saturated carbocycles. The van der Waals surface area contributed by atoms with E-state index in [-0.39, 0.29) is 11.9 Å². The molecule has 1 aromatic carbocycles. The fraction of sp³-hybridized carbons (Fsp3) is 0.375. The molecule has 0 radical (unpaired) electrons. The minimum atomic E-state index is -0.169. The second kappa shape index (κ2) is 7.01. The maximum absolute atomic E-state index is 11.6. The molecule has 0 fully saturated rings. The lowest BCUT2D eigenvalue weighted by Gasteiger charge is -2.13. The number of benzene rings is 1. The molecule has 20 heavy (non-hydrogen) atoms. The van der Waals surface area contributed by atoms with Crippen molar-refractivity contribution in [2.45, 2.75) is 26.3 Å². The van der Waals surface area contributed by atoms with Gasteiger partial charge in [-0.05, 0) is 38.4 Å². The van der Waals surface area contributed by atoms with Gasteiger partial charge in [-0.2, -0.15) is 0 Å². The number of rotatable bonds is 6. The summed E-state index contributed by atoms with van der Waals surface area (Å²) in [6, 6.07) is 10.0. The maximum atomic E-state index is 11.6. The van der Waals surface area contributed by atoms with Crippen molar-refractivity contribution in [3.63, 3.8) is 0 Å². The number of carbonyl (C=O) groups is 1. The Morgan fingerprint density at radius 2 is 2.10 bits per heavy atom. The molecule has 1 unspecified atom stereocenters. The summed E-state index contributed by atoms with van der Waals surface area (Å²) in [6.45, 7) is 5.23. The van der Waals surface area contributed by atoms with Crippen LogP contribution in [-0.2, 0) is 11.2 Å². The van der Waals surface area contributed by atoms with Crippen molar-refractivity contribution in [1.82, 2.24) is 15.6 Å². The van der Waals surface area contributed by atoms with Crippen LogP contribution in [0, 0.1) is 0 Å². The summed E-state index contributed by atoms with van der Waals surface area (Å²) in [5.74, 6) is 0.0449. The molecule has 0 aliphatic carbocycles. The van der Waals surface area contributed by atoms with Gasteiger partial charge < -0.3 is 10.6 Å². The van der Waals surface area contributed by atoms with Crippen LogP contribution < -0.4 is 10.6 Å². The SMILES string of the molecule is CCNC(=O)C(C)NCCc1cccc2cccnc12. The molecule has 2 aromatic rings. The zero-order valence-corrected chi connectivity index (χ0v) is 12.0. The highest BCUT2D eigenvalue weighted by Crippen LogP contribution is 2.15. The molecule has 4 nitrogen and oxygen atoms in total. The second-order valence-corrected chi connectivity index (χ2v) is 4.81. The van der Waals surface area contributed by atoms with Gasteiger partial charge >= 0.3 is 0 Å². The third-order valence-electron chi connectivity index (χ3n) is 3.31. The van der Waals surface area contributed by atoms with Gasteiger partial charge in [0.25, 0.3) is 0 Å². The van der Waals surface area contributed by atoms with Gasteiger partial charge in [0.2, 0.25) is 5.91 Å². The Labute approximate surface area is 119 Å².